The molecule has 0 saturated carbocycles. The zero-order valence-electron chi connectivity index (χ0n) is 17.9. The average molecular weight is 424 g/mol. The minimum atomic E-state index is -0.550. The van der Waals surface area contributed by atoms with Crippen molar-refractivity contribution in [2.24, 2.45) is 0 Å². The van der Waals surface area contributed by atoms with E-state index in [-0.39, 0.29) is 17.4 Å². The molecule has 4 rings (SSSR count). The number of amides is 1. The predicted octanol–water partition coefficient (Wildman–Crippen LogP) is 2.51. The first-order valence-corrected chi connectivity index (χ1v) is 9.91. The largest absolute Gasteiger partial charge is 0.481 e. The summed E-state index contributed by atoms with van der Waals surface area (Å²) in [6.45, 7) is 6.33. The second kappa shape index (κ2) is 7.86. The van der Waals surface area contributed by atoms with Crippen LogP contribution < -0.4 is 10.3 Å². The normalized spacial score (nSPS) is 14.5. The van der Waals surface area contributed by atoms with Gasteiger partial charge in [0.05, 0.1) is 12.7 Å². The summed E-state index contributed by atoms with van der Waals surface area (Å²) in [5.41, 5.74) is 1.24. The van der Waals surface area contributed by atoms with Gasteiger partial charge in [-0.1, -0.05) is 6.08 Å². The molecule has 0 spiro atoms. The number of methoxy groups -OCH3 is 1. The smallest absolute Gasteiger partial charge is 0.410 e. The van der Waals surface area contributed by atoms with Crippen LogP contribution in [0.25, 0.3) is 22.7 Å². The number of pyridine rings is 1. The first-order valence-electron chi connectivity index (χ1n) is 9.91. The number of carbonyl (C=O) groups excluding carboxylic acids is 1. The van der Waals surface area contributed by atoms with Crippen molar-refractivity contribution < 1.29 is 14.3 Å². The number of nitrogens with one attached hydrogen (secondary N) is 1. The first kappa shape index (κ1) is 20.6. The van der Waals surface area contributed by atoms with Crippen LogP contribution in [0.1, 0.15) is 32.8 Å². The molecule has 0 bridgehead atoms. The van der Waals surface area contributed by atoms with Gasteiger partial charge in [0.15, 0.2) is 5.82 Å². The fourth-order valence-electron chi connectivity index (χ4n) is 3.28. The highest BCUT2D eigenvalue weighted by Gasteiger charge is 2.25. The van der Waals surface area contributed by atoms with E-state index < -0.39 is 5.60 Å². The molecule has 0 saturated heterocycles. The third kappa shape index (κ3) is 4.27. The van der Waals surface area contributed by atoms with E-state index in [2.05, 4.69) is 20.1 Å². The Hall–Kier alpha value is -3.69. The van der Waals surface area contributed by atoms with Crippen molar-refractivity contribution in [3.05, 3.63) is 46.5 Å². The van der Waals surface area contributed by atoms with Crippen LogP contribution in [0.15, 0.2) is 35.4 Å². The van der Waals surface area contributed by atoms with Gasteiger partial charge in [-0.3, -0.25) is 9.89 Å². The van der Waals surface area contributed by atoms with Gasteiger partial charge in [-0.05, 0) is 38.8 Å². The lowest BCUT2D eigenvalue weighted by Crippen LogP contribution is -2.39. The minimum Gasteiger partial charge on any atom is -0.481 e. The Morgan fingerprint density at radius 2 is 2.06 bits per heavy atom. The number of ether oxygens (including phenoxy) is 2. The number of rotatable bonds is 3. The van der Waals surface area contributed by atoms with Crippen molar-refractivity contribution in [3.8, 4) is 17.3 Å². The molecule has 31 heavy (non-hydrogen) atoms. The van der Waals surface area contributed by atoms with Gasteiger partial charge < -0.3 is 14.4 Å². The topological polar surface area (TPSA) is 115 Å². The van der Waals surface area contributed by atoms with Gasteiger partial charge in [0.2, 0.25) is 5.88 Å². The van der Waals surface area contributed by atoms with Crippen molar-refractivity contribution in [1.82, 2.24) is 29.5 Å². The highest BCUT2D eigenvalue weighted by Crippen LogP contribution is 2.22. The first-order chi connectivity index (χ1) is 14.7. The van der Waals surface area contributed by atoms with E-state index in [0.717, 1.165) is 11.1 Å². The maximum Gasteiger partial charge on any atom is 0.410 e. The van der Waals surface area contributed by atoms with Gasteiger partial charge in [-0.25, -0.2) is 14.8 Å². The number of H-pyrrole nitrogens is 1. The number of hydrogen-bond acceptors (Lipinski definition) is 7. The summed E-state index contributed by atoms with van der Waals surface area (Å²) in [6.07, 6.45) is 5.17. The molecular formula is C21H24N6O4. The molecule has 1 N–H and O–H groups in total. The number of carbonyl (C=O) groups is 1. The fourth-order valence-corrected chi connectivity index (χ4v) is 3.28. The van der Waals surface area contributed by atoms with E-state index >= 15 is 0 Å². The SMILES string of the molecule is COc1cc(-c2nc3ncc(C4=CCN(C(=O)OC(C)(C)C)CC4)c(=O)n3[nH]2)ccn1. The lowest BCUT2D eigenvalue weighted by molar-refractivity contribution is 0.0270. The maximum atomic E-state index is 13.1. The fraction of sp³-hybridized carbons (Fsp3) is 0.381. The minimum absolute atomic E-state index is 0.248. The predicted molar refractivity (Wildman–Crippen MR) is 114 cm³/mol. The molecule has 3 aromatic rings. The van der Waals surface area contributed by atoms with E-state index in [9.17, 15) is 9.59 Å². The Bertz CT molecular complexity index is 1220. The molecule has 4 heterocycles. The molecule has 0 atom stereocenters. The summed E-state index contributed by atoms with van der Waals surface area (Å²) in [7, 11) is 1.53. The average Bonchev–Trinajstić information content (AvgIpc) is 3.18. The molecular weight excluding hydrogens is 400 g/mol. The van der Waals surface area contributed by atoms with E-state index in [4.69, 9.17) is 9.47 Å². The van der Waals surface area contributed by atoms with Crippen LogP contribution in [-0.2, 0) is 4.74 Å². The lowest BCUT2D eigenvalue weighted by atomic mass is 10.0. The summed E-state index contributed by atoms with van der Waals surface area (Å²) in [4.78, 5) is 39.7. The van der Waals surface area contributed by atoms with Gasteiger partial charge in [0.25, 0.3) is 11.3 Å². The van der Waals surface area contributed by atoms with E-state index in [0.29, 0.717) is 36.8 Å². The van der Waals surface area contributed by atoms with Gasteiger partial charge in [-0.15, -0.1) is 0 Å². The zero-order chi connectivity index (χ0) is 22.2. The quantitative estimate of drug-likeness (QED) is 0.687. The molecule has 3 aromatic heterocycles. The van der Waals surface area contributed by atoms with Crippen LogP contribution in [0, 0.1) is 0 Å². The number of aromatic amines is 1. The van der Waals surface area contributed by atoms with Gasteiger partial charge >= 0.3 is 6.09 Å². The Morgan fingerprint density at radius 1 is 1.26 bits per heavy atom. The Morgan fingerprint density at radius 3 is 2.74 bits per heavy atom. The highest BCUT2D eigenvalue weighted by atomic mass is 16.6. The second-order valence-electron chi connectivity index (χ2n) is 8.18. The summed E-state index contributed by atoms with van der Waals surface area (Å²) in [5, 5.41) is 3.00. The number of fused-ring (bicyclic) bond motifs is 1. The molecule has 162 valence electrons. The van der Waals surface area contributed by atoms with Crippen LogP contribution in [0.3, 0.4) is 0 Å². The van der Waals surface area contributed by atoms with Crippen LogP contribution >= 0.6 is 0 Å². The second-order valence-corrected chi connectivity index (χ2v) is 8.18. The number of aromatic nitrogens is 5. The Kier molecular flexibility index (Phi) is 5.22. The van der Waals surface area contributed by atoms with Gasteiger partial charge in [0, 0.05) is 37.1 Å². The van der Waals surface area contributed by atoms with Crippen LogP contribution in [-0.4, -0.2) is 61.4 Å². The molecule has 10 heteroatoms. The molecule has 0 radical (unpaired) electrons. The highest BCUT2D eigenvalue weighted by molar-refractivity contribution is 5.72. The molecule has 0 fully saturated rings. The Labute approximate surface area is 178 Å². The van der Waals surface area contributed by atoms with Crippen LogP contribution in [0.2, 0.25) is 0 Å². The van der Waals surface area contributed by atoms with Crippen molar-refractivity contribution in [2.45, 2.75) is 32.8 Å². The van der Waals surface area contributed by atoms with E-state index in [1.807, 2.05) is 26.8 Å². The van der Waals surface area contributed by atoms with Crippen LogP contribution in [0.5, 0.6) is 5.88 Å². The molecule has 1 aliphatic heterocycles. The maximum absolute atomic E-state index is 13.1. The van der Waals surface area contributed by atoms with Crippen molar-refractivity contribution in [2.75, 3.05) is 20.2 Å². The lowest BCUT2D eigenvalue weighted by Gasteiger charge is -2.29. The van der Waals surface area contributed by atoms with Crippen LogP contribution in [0.4, 0.5) is 4.79 Å². The Balaban J connectivity index is 1.60. The third-order valence-electron chi connectivity index (χ3n) is 4.80. The zero-order valence-corrected chi connectivity index (χ0v) is 17.9. The molecule has 0 unspecified atom stereocenters. The molecule has 0 aliphatic carbocycles. The van der Waals surface area contributed by atoms with E-state index in [1.54, 1.807) is 23.2 Å². The summed E-state index contributed by atoms with van der Waals surface area (Å²) in [5.74, 6) is 1.20. The molecule has 0 aromatic carbocycles. The van der Waals surface area contributed by atoms with Gasteiger partial charge in [-0.2, -0.15) is 9.50 Å². The molecule has 1 amide bonds. The van der Waals surface area contributed by atoms with E-state index in [1.165, 1.54) is 17.8 Å². The molecule has 1 aliphatic rings. The van der Waals surface area contributed by atoms with Crippen molar-refractivity contribution in [3.63, 3.8) is 0 Å². The van der Waals surface area contributed by atoms with Gasteiger partial charge in [0.1, 0.15) is 5.60 Å². The molecule has 10 nitrogen and oxygen atoms in total. The summed E-state index contributed by atoms with van der Waals surface area (Å²) in [6, 6.07) is 3.49. The van der Waals surface area contributed by atoms with Crippen molar-refractivity contribution in [1.29, 1.82) is 0 Å². The number of hydrogen-bond donors (Lipinski definition) is 1. The third-order valence-corrected chi connectivity index (χ3v) is 4.80. The monoisotopic (exact) mass is 424 g/mol. The summed E-state index contributed by atoms with van der Waals surface area (Å²) >= 11 is 0. The standard InChI is InChI=1S/C21H24N6O4/c1-21(2,3)31-20(29)26-9-6-13(7-10-26)15-12-23-19-24-17(25-27(19)18(15)28)14-5-8-22-16(11-14)30-4/h5-6,8,11-12H,7,9-10H2,1-4H3,(H,23,24,25). The number of nitrogens with zero attached hydrogens (tertiary/aromatic N) is 5. The van der Waals surface area contributed by atoms with Crippen molar-refractivity contribution >= 4 is 17.4 Å². The summed E-state index contributed by atoms with van der Waals surface area (Å²) < 4.78 is 11.9.